The number of halogens is 1. The second-order valence-corrected chi connectivity index (χ2v) is 4.89. The lowest BCUT2D eigenvalue weighted by molar-refractivity contribution is 0.425. The van der Waals surface area contributed by atoms with E-state index in [2.05, 4.69) is 22.9 Å². The van der Waals surface area contributed by atoms with Crippen LogP contribution in [0.2, 0.25) is 0 Å². The van der Waals surface area contributed by atoms with Crippen molar-refractivity contribution in [2.45, 2.75) is 39.0 Å². The van der Waals surface area contributed by atoms with E-state index in [-0.39, 0.29) is 0 Å². The van der Waals surface area contributed by atoms with Crippen LogP contribution in [-0.4, -0.2) is 17.2 Å². The lowest BCUT2D eigenvalue weighted by atomic mass is 9.79. The Labute approximate surface area is 106 Å². The molecule has 0 amide bonds. The van der Waals surface area contributed by atoms with E-state index in [1.807, 2.05) is 12.1 Å². The van der Waals surface area contributed by atoms with Gasteiger partial charge in [0.15, 0.2) is 0 Å². The van der Waals surface area contributed by atoms with Crippen LogP contribution in [0.3, 0.4) is 0 Å². The molecule has 16 heavy (non-hydrogen) atoms. The molecule has 1 aromatic carbocycles. The van der Waals surface area contributed by atoms with Crippen LogP contribution in [0, 0.1) is 0 Å². The van der Waals surface area contributed by atoms with E-state index in [0.29, 0.717) is 5.46 Å². The molecule has 0 fully saturated rings. The van der Waals surface area contributed by atoms with Gasteiger partial charge in [-0.2, -0.15) is 0 Å². The van der Waals surface area contributed by atoms with Gasteiger partial charge in [0.1, 0.15) is 0 Å². The average molecular weight is 285 g/mol. The molecule has 1 rings (SSSR count). The van der Waals surface area contributed by atoms with Crippen LogP contribution in [0.1, 0.15) is 38.2 Å². The summed E-state index contributed by atoms with van der Waals surface area (Å²) in [6, 6.07) is 5.47. The van der Waals surface area contributed by atoms with E-state index in [9.17, 15) is 0 Å². The fraction of sp³-hybridized carbons (Fsp3) is 0.500. The summed E-state index contributed by atoms with van der Waals surface area (Å²) in [5, 5.41) is 18.2. The van der Waals surface area contributed by atoms with Gasteiger partial charge in [-0.05, 0) is 29.9 Å². The van der Waals surface area contributed by atoms with Crippen LogP contribution in [0.4, 0.5) is 0 Å². The molecule has 1 aromatic rings. The zero-order valence-corrected chi connectivity index (χ0v) is 11.2. The molecule has 0 aromatic heterocycles. The predicted octanol–water partition coefficient (Wildman–Crippen LogP) is 2.25. The van der Waals surface area contributed by atoms with Gasteiger partial charge in [0.05, 0.1) is 0 Å². The summed E-state index contributed by atoms with van der Waals surface area (Å²) in [7, 11) is -1.37. The smallest absolute Gasteiger partial charge is 0.423 e. The second kappa shape index (κ2) is 7.10. The van der Waals surface area contributed by atoms with Crippen molar-refractivity contribution >= 4 is 28.5 Å². The fourth-order valence-corrected chi connectivity index (χ4v) is 2.13. The monoisotopic (exact) mass is 284 g/mol. The summed E-state index contributed by atoms with van der Waals surface area (Å²) in [5.41, 5.74) is 1.72. The molecule has 0 aliphatic rings. The van der Waals surface area contributed by atoms with Crippen molar-refractivity contribution < 1.29 is 10.0 Å². The molecule has 88 valence electrons. The third kappa shape index (κ3) is 4.28. The molecule has 0 aliphatic carbocycles. The van der Waals surface area contributed by atoms with E-state index < -0.39 is 7.12 Å². The topological polar surface area (TPSA) is 40.5 Å². The summed E-state index contributed by atoms with van der Waals surface area (Å²) in [6.45, 7) is 2.19. The highest BCUT2D eigenvalue weighted by atomic mass is 79.9. The van der Waals surface area contributed by atoms with Crippen molar-refractivity contribution in [3.05, 3.63) is 28.2 Å². The van der Waals surface area contributed by atoms with Crippen molar-refractivity contribution in [1.29, 1.82) is 0 Å². The van der Waals surface area contributed by atoms with E-state index in [4.69, 9.17) is 10.0 Å². The highest BCUT2D eigenvalue weighted by Gasteiger charge is 2.12. The van der Waals surface area contributed by atoms with Crippen molar-refractivity contribution in [3.8, 4) is 0 Å². The normalized spacial score (nSPS) is 10.5. The van der Waals surface area contributed by atoms with Crippen LogP contribution in [-0.2, 0) is 6.42 Å². The Morgan fingerprint density at radius 1 is 1.19 bits per heavy atom. The zero-order chi connectivity index (χ0) is 12.0. The average Bonchev–Trinajstić information content (AvgIpc) is 2.26. The molecule has 0 spiro atoms. The molecule has 0 aliphatic heterocycles. The first-order chi connectivity index (χ1) is 7.65. The number of unbranched alkanes of at least 4 members (excludes halogenated alkanes) is 3. The summed E-state index contributed by atoms with van der Waals surface area (Å²) >= 11 is 3.49. The summed E-state index contributed by atoms with van der Waals surface area (Å²) < 4.78 is 1.05. The fourth-order valence-electron chi connectivity index (χ4n) is 1.69. The largest absolute Gasteiger partial charge is 0.488 e. The molecule has 0 saturated heterocycles. The number of aryl methyl sites for hydroxylation is 1. The first kappa shape index (κ1) is 13.7. The minimum absolute atomic E-state index is 0.564. The van der Waals surface area contributed by atoms with Crippen molar-refractivity contribution in [2.75, 3.05) is 0 Å². The zero-order valence-electron chi connectivity index (χ0n) is 9.62. The Hall–Kier alpha value is -0.315. The molecule has 2 nitrogen and oxygen atoms in total. The number of hydrogen-bond acceptors (Lipinski definition) is 2. The number of benzene rings is 1. The third-order valence-electron chi connectivity index (χ3n) is 2.67. The summed E-state index contributed by atoms with van der Waals surface area (Å²) in [4.78, 5) is 0. The van der Waals surface area contributed by atoms with Gasteiger partial charge in [0.2, 0.25) is 0 Å². The Morgan fingerprint density at radius 3 is 2.56 bits per heavy atom. The van der Waals surface area contributed by atoms with E-state index in [1.165, 1.54) is 19.3 Å². The van der Waals surface area contributed by atoms with Crippen molar-refractivity contribution in [2.24, 2.45) is 0 Å². The molecule has 4 heteroatoms. The van der Waals surface area contributed by atoms with Gasteiger partial charge in [-0.1, -0.05) is 54.2 Å². The van der Waals surface area contributed by atoms with Gasteiger partial charge in [0, 0.05) is 4.47 Å². The first-order valence-corrected chi connectivity index (χ1v) is 6.59. The number of rotatable bonds is 6. The first-order valence-electron chi connectivity index (χ1n) is 5.79. The number of hydrogen-bond donors (Lipinski definition) is 2. The van der Waals surface area contributed by atoms with E-state index in [1.54, 1.807) is 6.07 Å². The van der Waals surface area contributed by atoms with Gasteiger partial charge < -0.3 is 10.0 Å². The molecule has 2 N–H and O–H groups in total. The Morgan fingerprint density at radius 2 is 1.94 bits per heavy atom. The molecule has 0 radical (unpaired) electrons. The van der Waals surface area contributed by atoms with Gasteiger partial charge in [-0.25, -0.2) is 0 Å². The SMILES string of the molecule is CCCCCCc1cc(B(O)O)ccc1Br. The molecule has 0 unspecified atom stereocenters. The molecule has 0 saturated carbocycles. The van der Waals surface area contributed by atoms with Gasteiger partial charge in [0.25, 0.3) is 0 Å². The minimum Gasteiger partial charge on any atom is -0.423 e. The highest BCUT2D eigenvalue weighted by molar-refractivity contribution is 9.10. The predicted molar refractivity (Wildman–Crippen MR) is 71.8 cm³/mol. The maximum atomic E-state index is 9.09. The summed E-state index contributed by atoms with van der Waals surface area (Å²) in [6.07, 6.45) is 5.86. The Bertz CT molecular complexity index is 329. The Balaban J connectivity index is 2.60. The summed E-state index contributed by atoms with van der Waals surface area (Å²) in [5.74, 6) is 0. The highest BCUT2D eigenvalue weighted by Crippen LogP contribution is 2.18. The van der Waals surface area contributed by atoms with E-state index in [0.717, 1.165) is 22.9 Å². The van der Waals surface area contributed by atoms with Gasteiger partial charge >= 0.3 is 7.12 Å². The van der Waals surface area contributed by atoms with Crippen LogP contribution in [0.5, 0.6) is 0 Å². The van der Waals surface area contributed by atoms with Crippen LogP contribution >= 0.6 is 15.9 Å². The lowest BCUT2D eigenvalue weighted by Crippen LogP contribution is -2.30. The van der Waals surface area contributed by atoms with Crippen LogP contribution < -0.4 is 5.46 Å². The molecule has 0 atom stereocenters. The van der Waals surface area contributed by atoms with Crippen molar-refractivity contribution in [3.63, 3.8) is 0 Å². The molecule has 0 bridgehead atoms. The minimum atomic E-state index is -1.37. The lowest BCUT2D eigenvalue weighted by Gasteiger charge is -2.07. The van der Waals surface area contributed by atoms with Gasteiger partial charge in [-0.3, -0.25) is 0 Å². The van der Waals surface area contributed by atoms with E-state index >= 15 is 0 Å². The maximum Gasteiger partial charge on any atom is 0.488 e. The second-order valence-electron chi connectivity index (χ2n) is 4.04. The maximum absolute atomic E-state index is 9.09. The van der Waals surface area contributed by atoms with Crippen molar-refractivity contribution in [1.82, 2.24) is 0 Å². The Kier molecular flexibility index (Phi) is 6.10. The molecular formula is C12H18BBrO2. The standard InChI is InChI=1S/C12H18BBrO2/c1-2-3-4-5-6-10-9-11(13(15)16)7-8-12(10)14/h7-9,15-16H,2-6H2,1H3. The molecule has 0 heterocycles. The third-order valence-corrected chi connectivity index (χ3v) is 3.44. The van der Waals surface area contributed by atoms with Gasteiger partial charge in [-0.15, -0.1) is 0 Å². The van der Waals surface area contributed by atoms with Crippen LogP contribution in [0.25, 0.3) is 0 Å². The van der Waals surface area contributed by atoms with Crippen LogP contribution in [0.15, 0.2) is 22.7 Å². The quantitative estimate of drug-likeness (QED) is 0.621. The molecular weight excluding hydrogens is 267 g/mol.